The van der Waals surface area contributed by atoms with Crippen molar-refractivity contribution in [3.63, 3.8) is 0 Å². The van der Waals surface area contributed by atoms with Crippen molar-refractivity contribution in [1.82, 2.24) is 15.2 Å². The van der Waals surface area contributed by atoms with Crippen molar-refractivity contribution in [1.29, 1.82) is 0 Å². The van der Waals surface area contributed by atoms with E-state index in [9.17, 15) is 9.59 Å². The number of amides is 1. The first-order chi connectivity index (χ1) is 9.54. The van der Waals surface area contributed by atoms with Gasteiger partial charge in [0, 0.05) is 38.4 Å². The van der Waals surface area contributed by atoms with Crippen LogP contribution in [0.3, 0.4) is 0 Å². The van der Waals surface area contributed by atoms with E-state index < -0.39 is 0 Å². The molecule has 0 radical (unpaired) electrons. The molecule has 0 aromatic carbocycles. The normalized spacial score (nSPS) is 23.5. The summed E-state index contributed by atoms with van der Waals surface area (Å²) in [6.07, 6.45) is 2.74. The number of hydrogen-bond acceptors (Lipinski definition) is 3. The van der Waals surface area contributed by atoms with Crippen molar-refractivity contribution >= 4 is 5.91 Å². The molecule has 0 unspecified atom stereocenters. The molecule has 2 rings (SSSR count). The zero-order chi connectivity index (χ0) is 14.5. The molecule has 1 aromatic heterocycles. The SMILES string of the molecule is C[C@@H]1C[C@@H](C)CN(CCNC(=O)c2ccc(=O)[nH]c2)C1. The van der Waals surface area contributed by atoms with Crippen LogP contribution in [0, 0.1) is 11.8 Å². The Morgan fingerprint density at radius 1 is 1.35 bits per heavy atom. The fraction of sp³-hybridized carbons (Fsp3) is 0.600. The third kappa shape index (κ3) is 4.20. The van der Waals surface area contributed by atoms with Crippen LogP contribution in [-0.4, -0.2) is 42.0 Å². The third-order valence-corrected chi connectivity index (χ3v) is 3.70. The van der Waals surface area contributed by atoms with Gasteiger partial charge in [-0.25, -0.2) is 0 Å². The van der Waals surface area contributed by atoms with E-state index in [1.165, 1.54) is 18.7 Å². The molecular weight excluding hydrogens is 254 g/mol. The number of aromatic amines is 1. The van der Waals surface area contributed by atoms with Gasteiger partial charge in [0.05, 0.1) is 5.56 Å². The second-order valence-corrected chi connectivity index (χ2v) is 5.90. The average molecular weight is 277 g/mol. The van der Waals surface area contributed by atoms with Crippen LogP contribution in [0.25, 0.3) is 0 Å². The van der Waals surface area contributed by atoms with Gasteiger partial charge in [0.1, 0.15) is 0 Å². The lowest BCUT2D eigenvalue weighted by Crippen LogP contribution is -2.42. The second-order valence-electron chi connectivity index (χ2n) is 5.90. The Morgan fingerprint density at radius 3 is 2.65 bits per heavy atom. The molecule has 1 aromatic rings. The van der Waals surface area contributed by atoms with Crippen molar-refractivity contribution < 1.29 is 4.79 Å². The van der Waals surface area contributed by atoms with Gasteiger partial charge in [-0.05, 0) is 24.3 Å². The van der Waals surface area contributed by atoms with Gasteiger partial charge in [-0.15, -0.1) is 0 Å². The van der Waals surface area contributed by atoms with E-state index in [-0.39, 0.29) is 11.5 Å². The van der Waals surface area contributed by atoms with Crippen LogP contribution >= 0.6 is 0 Å². The Kier molecular flexibility index (Phi) is 4.95. The highest BCUT2D eigenvalue weighted by atomic mass is 16.1. The number of carbonyl (C=O) groups excluding carboxylic acids is 1. The molecule has 1 amide bonds. The zero-order valence-electron chi connectivity index (χ0n) is 12.2. The van der Waals surface area contributed by atoms with Crippen molar-refractivity contribution in [2.75, 3.05) is 26.2 Å². The van der Waals surface area contributed by atoms with E-state index in [1.54, 1.807) is 6.07 Å². The van der Waals surface area contributed by atoms with E-state index in [2.05, 4.69) is 29.0 Å². The minimum Gasteiger partial charge on any atom is -0.351 e. The van der Waals surface area contributed by atoms with Crippen molar-refractivity contribution in [2.24, 2.45) is 11.8 Å². The first-order valence-corrected chi connectivity index (χ1v) is 7.24. The van der Waals surface area contributed by atoms with Gasteiger partial charge < -0.3 is 15.2 Å². The largest absolute Gasteiger partial charge is 0.351 e. The van der Waals surface area contributed by atoms with Crippen molar-refractivity contribution in [3.8, 4) is 0 Å². The Morgan fingerprint density at radius 2 is 2.05 bits per heavy atom. The molecule has 1 aliphatic heterocycles. The Labute approximate surface area is 119 Å². The summed E-state index contributed by atoms with van der Waals surface area (Å²) in [6, 6.07) is 2.90. The van der Waals surface area contributed by atoms with E-state index in [1.807, 2.05) is 0 Å². The number of likely N-dealkylation sites (tertiary alicyclic amines) is 1. The summed E-state index contributed by atoms with van der Waals surface area (Å²) in [4.78, 5) is 27.7. The molecule has 2 N–H and O–H groups in total. The first-order valence-electron chi connectivity index (χ1n) is 7.24. The summed E-state index contributed by atoms with van der Waals surface area (Å²) in [5.74, 6) is 1.32. The number of rotatable bonds is 4. The molecule has 5 heteroatoms. The predicted molar refractivity (Wildman–Crippen MR) is 78.8 cm³/mol. The molecule has 20 heavy (non-hydrogen) atoms. The van der Waals surface area contributed by atoms with Crippen LogP contribution in [0.15, 0.2) is 23.1 Å². The number of carbonyl (C=O) groups is 1. The molecule has 0 bridgehead atoms. The minimum absolute atomic E-state index is 0.139. The molecule has 1 fully saturated rings. The van der Waals surface area contributed by atoms with Gasteiger partial charge in [0.15, 0.2) is 0 Å². The van der Waals surface area contributed by atoms with Crippen molar-refractivity contribution in [3.05, 3.63) is 34.2 Å². The van der Waals surface area contributed by atoms with Crippen LogP contribution in [0.1, 0.15) is 30.6 Å². The van der Waals surface area contributed by atoms with Gasteiger partial charge in [0.25, 0.3) is 5.91 Å². The minimum atomic E-state index is -0.196. The summed E-state index contributed by atoms with van der Waals surface area (Å²) in [5, 5.41) is 2.89. The van der Waals surface area contributed by atoms with Crippen LogP contribution in [0.2, 0.25) is 0 Å². The zero-order valence-corrected chi connectivity index (χ0v) is 12.2. The lowest BCUT2D eigenvalue weighted by atomic mass is 9.92. The number of piperidine rings is 1. The number of hydrogen-bond donors (Lipinski definition) is 2. The van der Waals surface area contributed by atoms with E-state index in [0.717, 1.165) is 31.5 Å². The molecular formula is C15H23N3O2. The van der Waals surface area contributed by atoms with Crippen LogP contribution < -0.4 is 10.9 Å². The number of nitrogens with one attached hydrogen (secondary N) is 2. The first kappa shape index (κ1) is 14.8. The molecule has 1 aliphatic rings. The quantitative estimate of drug-likeness (QED) is 0.865. The van der Waals surface area contributed by atoms with Gasteiger partial charge >= 0.3 is 0 Å². The molecule has 2 heterocycles. The lowest BCUT2D eigenvalue weighted by molar-refractivity contribution is 0.0936. The second kappa shape index (κ2) is 6.70. The number of pyridine rings is 1. The molecule has 0 aliphatic carbocycles. The average Bonchev–Trinajstić information content (AvgIpc) is 2.38. The van der Waals surface area contributed by atoms with Crippen molar-refractivity contribution in [2.45, 2.75) is 20.3 Å². The maximum absolute atomic E-state index is 11.9. The Balaban J connectivity index is 1.76. The number of nitrogens with zero attached hydrogens (tertiary/aromatic N) is 1. The Hall–Kier alpha value is -1.62. The number of H-pyrrole nitrogens is 1. The summed E-state index contributed by atoms with van der Waals surface area (Å²) < 4.78 is 0. The standard InChI is InChI=1S/C15H23N3O2/c1-11-7-12(2)10-18(9-11)6-5-16-15(20)13-3-4-14(19)17-8-13/h3-4,8,11-12H,5-7,9-10H2,1-2H3,(H,16,20)(H,17,19)/t11-,12-/m1/s1. The maximum atomic E-state index is 11.9. The maximum Gasteiger partial charge on any atom is 0.252 e. The predicted octanol–water partition coefficient (Wildman–Crippen LogP) is 1.08. The molecule has 2 atom stereocenters. The lowest BCUT2D eigenvalue weighted by Gasteiger charge is -2.34. The number of aromatic nitrogens is 1. The molecule has 0 saturated carbocycles. The van der Waals surface area contributed by atoms with Gasteiger partial charge in [-0.2, -0.15) is 0 Å². The molecule has 5 nitrogen and oxygen atoms in total. The smallest absolute Gasteiger partial charge is 0.252 e. The highest BCUT2D eigenvalue weighted by molar-refractivity contribution is 5.93. The topological polar surface area (TPSA) is 65.2 Å². The van der Waals surface area contributed by atoms with Crippen LogP contribution in [0.4, 0.5) is 0 Å². The monoisotopic (exact) mass is 277 g/mol. The van der Waals surface area contributed by atoms with E-state index in [4.69, 9.17) is 0 Å². The van der Waals surface area contributed by atoms with Crippen LogP contribution in [-0.2, 0) is 0 Å². The van der Waals surface area contributed by atoms with Gasteiger partial charge in [0.2, 0.25) is 5.56 Å². The van der Waals surface area contributed by atoms with E-state index >= 15 is 0 Å². The molecule has 1 saturated heterocycles. The Bertz CT molecular complexity index is 482. The van der Waals surface area contributed by atoms with Gasteiger partial charge in [-0.1, -0.05) is 13.8 Å². The highest BCUT2D eigenvalue weighted by Gasteiger charge is 2.21. The fourth-order valence-corrected chi connectivity index (χ4v) is 2.96. The van der Waals surface area contributed by atoms with Gasteiger partial charge in [-0.3, -0.25) is 9.59 Å². The highest BCUT2D eigenvalue weighted by Crippen LogP contribution is 2.20. The third-order valence-electron chi connectivity index (χ3n) is 3.70. The van der Waals surface area contributed by atoms with Crippen LogP contribution in [0.5, 0.6) is 0 Å². The fourth-order valence-electron chi connectivity index (χ4n) is 2.96. The molecule has 110 valence electrons. The van der Waals surface area contributed by atoms with E-state index in [0.29, 0.717) is 12.1 Å². The summed E-state index contributed by atoms with van der Waals surface area (Å²) in [7, 11) is 0. The molecule has 0 spiro atoms. The summed E-state index contributed by atoms with van der Waals surface area (Å²) in [5.41, 5.74) is 0.294. The summed E-state index contributed by atoms with van der Waals surface area (Å²) in [6.45, 7) is 8.29. The summed E-state index contributed by atoms with van der Waals surface area (Å²) >= 11 is 0.